The second kappa shape index (κ2) is 5.57. The molecule has 102 valence electrons. The summed E-state index contributed by atoms with van der Waals surface area (Å²) in [5, 5.41) is 0. The first-order valence-corrected chi connectivity index (χ1v) is 7.68. The first-order chi connectivity index (χ1) is 7.66. The minimum Gasteiger partial charge on any atom is -0.303 e. The van der Waals surface area contributed by atoms with E-state index in [1.54, 1.807) is 0 Å². The largest absolute Gasteiger partial charge is 0.415 e. The monoisotopic (exact) mass is 387 g/mol. The van der Waals surface area contributed by atoms with Gasteiger partial charge < -0.3 is 3.07 Å². The normalized spacial score (nSPS) is 22.6. The zero-order valence-electron chi connectivity index (χ0n) is 9.08. The molecule has 1 unspecified atom stereocenters. The number of piperidine rings is 1. The Morgan fingerprint density at radius 1 is 1.35 bits per heavy atom. The van der Waals surface area contributed by atoms with E-state index in [9.17, 15) is 21.6 Å². The molecule has 0 aromatic carbocycles. The van der Waals surface area contributed by atoms with E-state index >= 15 is 0 Å². The Bertz CT molecular complexity index is 352. The highest BCUT2D eigenvalue weighted by Gasteiger charge is 2.46. The van der Waals surface area contributed by atoms with Gasteiger partial charge in [-0.15, -0.1) is 0 Å². The first-order valence-electron chi connectivity index (χ1n) is 4.95. The highest BCUT2D eigenvalue weighted by atomic mass is 127. The molecule has 0 N–H and O–H groups in total. The molecule has 1 rings (SSSR count). The molecule has 0 bridgehead atoms. The first kappa shape index (κ1) is 15.4. The topological polar surface area (TPSA) is 46.6 Å². The van der Waals surface area contributed by atoms with Crippen molar-refractivity contribution in [2.24, 2.45) is 5.92 Å². The zero-order valence-corrected chi connectivity index (χ0v) is 12.0. The molecule has 17 heavy (non-hydrogen) atoms. The molecule has 0 aliphatic carbocycles. The molecule has 0 radical (unpaired) electrons. The van der Waals surface area contributed by atoms with E-state index in [2.05, 4.69) is 3.07 Å². The Morgan fingerprint density at radius 2 is 1.82 bits per heavy atom. The second-order valence-electron chi connectivity index (χ2n) is 4.05. The summed E-state index contributed by atoms with van der Waals surface area (Å²) in [6.07, 6.45) is -4.83. The van der Waals surface area contributed by atoms with Crippen molar-refractivity contribution in [2.75, 3.05) is 19.3 Å². The molecule has 0 aromatic heterocycles. The van der Waals surface area contributed by atoms with E-state index in [0.717, 1.165) is 6.26 Å². The Labute approximate surface area is 112 Å². The lowest BCUT2D eigenvalue weighted by Gasteiger charge is -2.34. The standard InChI is InChI=1S/C8H13F3INO3S/c1-17(14,15)13-4-2-6(3-5-13)7(16-12)8(9,10)11/h6-7H,2-5H2,1H3. The number of rotatable bonds is 3. The molecule has 0 amide bonds. The van der Waals surface area contributed by atoms with E-state index < -0.39 is 28.2 Å². The van der Waals surface area contributed by atoms with Crippen molar-refractivity contribution in [1.82, 2.24) is 4.31 Å². The molecule has 1 atom stereocenters. The molecule has 1 heterocycles. The third-order valence-corrected chi connectivity index (χ3v) is 4.67. The van der Waals surface area contributed by atoms with Gasteiger partial charge in [0.2, 0.25) is 10.0 Å². The van der Waals surface area contributed by atoms with Gasteiger partial charge in [-0.25, -0.2) is 12.7 Å². The van der Waals surface area contributed by atoms with Crippen molar-refractivity contribution >= 4 is 33.0 Å². The summed E-state index contributed by atoms with van der Waals surface area (Å²) >= 11 is 1.25. The predicted octanol–water partition coefficient (Wildman–Crippen LogP) is 1.96. The van der Waals surface area contributed by atoms with Gasteiger partial charge >= 0.3 is 6.18 Å². The summed E-state index contributed by atoms with van der Waals surface area (Å²) in [5.41, 5.74) is 0. The van der Waals surface area contributed by atoms with Crippen LogP contribution in [0.4, 0.5) is 13.2 Å². The van der Waals surface area contributed by atoms with E-state index in [0.29, 0.717) is 0 Å². The van der Waals surface area contributed by atoms with Crippen LogP contribution in [-0.4, -0.2) is 44.3 Å². The van der Waals surface area contributed by atoms with Crippen LogP contribution < -0.4 is 0 Å². The number of nitrogens with zero attached hydrogens (tertiary/aromatic N) is 1. The average Bonchev–Trinajstić information content (AvgIpc) is 2.16. The van der Waals surface area contributed by atoms with Gasteiger partial charge in [-0.05, 0) is 18.8 Å². The van der Waals surface area contributed by atoms with Crippen molar-refractivity contribution in [1.29, 1.82) is 0 Å². The molecule has 1 saturated heterocycles. The van der Waals surface area contributed by atoms with Gasteiger partial charge in [-0.3, -0.25) is 0 Å². The van der Waals surface area contributed by atoms with Crippen LogP contribution in [0, 0.1) is 5.92 Å². The summed E-state index contributed by atoms with van der Waals surface area (Å²) in [6.45, 7) is 0.242. The fourth-order valence-electron chi connectivity index (χ4n) is 1.90. The van der Waals surface area contributed by atoms with Crippen LogP contribution in [0.15, 0.2) is 0 Å². The van der Waals surface area contributed by atoms with Crippen molar-refractivity contribution in [3.05, 3.63) is 0 Å². The van der Waals surface area contributed by atoms with Gasteiger partial charge in [0.25, 0.3) is 0 Å². The maximum Gasteiger partial charge on any atom is 0.415 e. The van der Waals surface area contributed by atoms with Gasteiger partial charge in [0.15, 0.2) is 6.10 Å². The second-order valence-corrected chi connectivity index (χ2v) is 6.54. The van der Waals surface area contributed by atoms with Crippen LogP contribution in [0.2, 0.25) is 0 Å². The lowest BCUT2D eigenvalue weighted by Crippen LogP contribution is -2.45. The third kappa shape index (κ3) is 4.21. The Morgan fingerprint density at radius 3 is 2.12 bits per heavy atom. The van der Waals surface area contributed by atoms with Crippen LogP contribution >= 0.6 is 23.0 Å². The summed E-state index contributed by atoms with van der Waals surface area (Å²) in [5.74, 6) is -0.676. The lowest BCUT2D eigenvalue weighted by atomic mass is 9.92. The number of sulfonamides is 1. The summed E-state index contributed by atoms with van der Waals surface area (Å²) in [4.78, 5) is 0. The smallest absolute Gasteiger partial charge is 0.303 e. The zero-order chi connectivity index (χ0) is 13.3. The minimum absolute atomic E-state index is 0.121. The SMILES string of the molecule is CS(=O)(=O)N1CCC(C(OI)C(F)(F)F)CC1. The molecular weight excluding hydrogens is 374 g/mol. The predicted molar refractivity (Wildman–Crippen MR) is 64.1 cm³/mol. The third-order valence-electron chi connectivity index (χ3n) is 2.81. The number of halogens is 4. The molecule has 4 nitrogen and oxygen atoms in total. The molecule has 1 aliphatic heterocycles. The van der Waals surface area contributed by atoms with Gasteiger partial charge in [0.05, 0.1) is 6.26 Å². The van der Waals surface area contributed by atoms with Gasteiger partial charge in [-0.2, -0.15) is 13.2 Å². The molecule has 9 heteroatoms. The maximum absolute atomic E-state index is 12.6. The van der Waals surface area contributed by atoms with Crippen LogP contribution in [0.5, 0.6) is 0 Å². The Kier molecular flexibility index (Phi) is 5.07. The van der Waals surface area contributed by atoms with E-state index in [-0.39, 0.29) is 25.9 Å². The Balaban J connectivity index is 2.63. The molecule has 0 aromatic rings. The van der Waals surface area contributed by atoms with Crippen molar-refractivity contribution in [3.63, 3.8) is 0 Å². The summed E-state index contributed by atoms with van der Waals surface area (Å²) in [6, 6.07) is 0. The van der Waals surface area contributed by atoms with Gasteiger partial charge in [0.1, 0.15) is 23.0 Å². The van der Waals surface area contributed by atoms with Crippen LogP contribution in [0.25, 0.3) is 0 Å². The maximum atomic E-state index is 12.6. The van der Waals surface area contributed by atoms with Gasteiger partial charge in [-0.1, -0.05) is 0 Å². The number of hydrogen-bond donors (Lipinski definition) is 0. The molecular formula is C8H13F3INO3S. The van der Waals surface area contributed by atoms with Crippen molar-refractivity contribution < 1.29 is 24.7 Å². The van der Waals surface area contributed by atoms with Crippen LogP contribution in [-0.2, 0) is 13.1 Å². The highest BCUT2D eigenvalue weighted by Crippen LogP contribution is 2.35. The van der Waals surface area contributed by atoms with Gasteiger partial charge in [0, 0.05) is 13.1 Å². The highest BCUT2D eigenvalue weighted by molar-refractivity contribution is 14.1. The molecule has 1 fully saturated rings. The average molecular weight is 387 g/mol. The molecule has 1 aliphatic rings. The fourth-order valence-corrected chi connectivity index (χ4v) is 3.48. The minimum atomic E-state index is -4.40. The molecule has 0 spiro atoms. The molecule has 0 saturated carbocycles. The van der Waals surface area contributed by atoms with Crippen LogP contribution in [0.1, 0.15) is 12.8 Å². The van der Waals surface area contributed by atoms with Crippen LogP contribution in [0.3, 0.4) is 0 Å². The number of hydrogen-bond acceptors (Lipinski definition) is 3. The summed E-state index contributed by atoms with van der Waals surface area (Å²) in [7, 11) is -3.31. The van der Waals surface area contributed by atoms with Crippen molar-refractivity contribution in [3.8, 4) is 0 Å². The van der Waals surface area contributed by atoms with E-state index in [4.69, 9.17) is 0 Å². The lowest BCUT2D eigenvalue weighted by molar-refractivity contribution is -0.204. The quantitative estimate of drug-likeness (QED) is 0.696. The van der Waals surface area contributed by atoms with Crippen molar-refractivity contribution in [2.45, 2.75) is 25.1 Å². The Hall–Kier alpha value is 0.390. The summed E-state index contributed by atoms with van der Waals surface area (Å²) < 4.78 is 65.8. The fraction of sp³-hybridized carbons (Fsp3) is 1.00. The number of alkyl halides is 3. The van der Waals surface area contributed by atoms with E-state index in [1.807, 2.05) is 0 Å². The van der Waals surface area contributed by atoms with E-state index in [1.165, 1.54) is 27.3 Å².